The van der Waals surface area contributed by atoms with E-state index in [-0.39, 0.29) is 29.4 Å². The zero-order valence-electron chi connectivity index (χ0n) is 20.0. The van der Waals surface area contributed by atoms with E-state index in [0.29, 0.717) is 22.6 Å². The molecule has 0 aliphatic rings. The number of hydrazone groups is 1. The normalized spacial score (nSPS) is 11.2. The maximum atomic E-state index is 12.4. The molecule has 3 aromatic rings. The number of nitrogens with zero attached hydrogens (tertiary/aromatic N) is 4. The van der Waals surface area contributed by atoms with Crippen molar-refractivity contribution >= 4 is 23.3 Å². The van der Waals surface area contributed by atoms with Crippen LogP contribution >= 0.6 is 0 Å². The Hall–Kier alpha value is -4.54. The van der Waals surface area contributed by atoms with Crippen LogP contribution in [0.1, 0.15) is 39.8 Å². The van der Waals surface area contributed by atoms with Gasteiger partial charge in [-0.2, -0.15) is 10.2 Å². The predicted octanol–water partition coefficient (Wildman–Crippen LogP) is 3.48. The zero-order valence-corrected chi connectivity index (χ0v) is 20.0. The van der Waals surface area contributed by atoms with E-state index in [4.69, 9.17) is 9.47 Å². The summed E-state index contributed by atoms with van der Waals surface area (Å²) in [6.45, 7) is 6.42. The van der Waals surface area contributed by atoms with E-state index < -0.39 is 16.8 Å². The highest BCUT2D eigenvalue weighted by atomic mass is 16.6. The van der Waals surface area contributed by atoms with Gasteiger partial charge in [0.1, 0.15) is 17.9 Å². The van der Waals surface area contributed by atoms with Gasteiger partial charge in [-0.1, -0.05) is 17.7 Å². The number of ether oxygens (including phenoxy) is 2. The Labute approximate surface area is 201 Å². The molecular weight excluding hydrogens is 454 g/mol. The Bertz CT molecular complexity index is 1310. The zero-order chi connectivity index (χ0) is 25.7. The number of hydrogen-bond acceptors (Lipinski definition) is 8. The molecule has 1 N–H and O–H groups in total. The minimum atomic E-state index is -0.524. The monoisotopic (exact) mass is 479 g/mol. The lowest BCUT2D eigenvalue weighted by molar-refractivity contribution is -0.386. The molecule has 0 radical (unpaired) electrons. The van der Waals surface area contributed by atoms with Crippen LogP contribution < -0.4 is 14.9 Å². The second-order valence-corrected chi connectivity index (χ2v) is 7.79. The lowest BCUT2D eigenvalue weighted by Crippen LogP contribution is -2.25. The molecule has 11 nitrogen and oxygen atoms in total. The molecule has 182 valence electrons. The lowest BCUT2D eigenvalue weighted by Gasteiger charge is -2.11. The van der Waals surface area contributed by atoms with E-state index in [1.54, 1.807) is 37.3 Å². The number of amides is 1. The maximum absolute atomic E-state index is 12.4. The number of methoxy groups -OCH3 is 1. The largest absolute Gasteiger partial charge is 0.493 e. The summed E-state index contributed by atoms with van der Waals surface area (Å²) >= 11 is 0. The predicted molar refractivity (Wildman–Crippen MR) is 128 cm³/mol. The van der Waals surface area contributed by atoms with Crippen molar-refractivity contribution in [1.82, 2.24) is 15.2 Å². The van der Waals surface area contributed by atoms with E-state index >= 15 is 0 Å². The molecule has 1 amide bonds. The molecule has 1 aromatic heterocycles. The number of nitrogens with one attached hydrogen (secondary N) is 1. The fraction of sp³-hybridized carbons (Fsp3) is 0.250. The van der Waals surface area contributed by atoms with Gasteiger partial charge >= 0.3 is 11.7 Å². The van der Waals surface area contributed by atoms with Crippen molar-refractivity contribution < 1.29 is 24.0 Å². The quantitative estimate of drug-likeness (QED) is 0.172. The summed E-state index contributed by atoms with van der Waals surface area (Å²) in [4.78, 5) is 35.3. The average Bonchev–Trinajstić information content (AvgIpc) is 3.10. The van der Waals surface area contributed by atoms with Gasteiger partial charge in [0, 0.05) is 5.56 Å². The molecule has 0 spiro atoms. The Morgan fingerprint density at radius 1 is 1.09 bits per heavy atom. The summed E-state index contributed by atoms with van der Waals surface area (Å²) in [6, 6.07) is 11.9. The molecule has 0 atom stereocenters. The minimum absolute atomic E-state index is 0.118. The molecular formula is C24H25N5O6. The van der Waals surface area contributed by atoms with Gasteiger partial charge < -0.3 is 9.47 Å². The third-order valence-electron chi connectivity index (χ3n) is 5.24. The molecule has 35 heavy (non-hydrogen) atoms. The van der Waals surface area contributed by atoms with Crippen molar-refractivity contribution in [2.24, 2.45) is 5.10 Å². The molecule has 1 heterocycles. The molecule has 0 aliphatic carbocycles. The van der Waals surface area contributed by atoms with Gasteiger partial charge in [-0.3, -0.25) is 19.6 Å². The van der Waals surface area contributed by atoms with Crippen molar-refractivity contribution in [2.75, 3.05) is 7.11 Å². The van der Waals surface area contributed by atoms with Crippen LogP contribution in [0.3, 0.4) is 0 Å². The second kappa shape index (κ2) is 10.6. The van der Waals surface area contributed by atoms with Gasteiger partial charge in [0.2, 0.25) is 0 Å². The van der Waals surface area contributed by atoms with E-state index in [0.717, 1.165) is 5.56 Å². The van der Waals surface area contributed by atoms with Crippen molar-refractivity contribution in [1.29, 1.82) is 0 Å². The summed E-state index contributed by atoms with van der Waals surface area (Å²) in [5, 5.41) is 19.3. The van der Waals surface area contributed by atoms with E-state index in [1.807, 2.05) is 19.1 Å². The first-order chi connectivity index (χ1) is 16.6. The Kier molecular flexibility index (Phi) is 7.59. The molecule has 2 aromatic carbocycles. The van der Waals surface area contributed by atoms with Crippen molar-refractivity contribution in [2.45, 2.75) is 34.2 Å². The molecule has 0 aliphatic heterocycles. The summed E-state index contributed by atoms with van der Waals surface area (Å²) < 4.78 is 12.1. The minimum Gasteiger partial charge on any atom is -0.493 e. The van der Waals surface area contributed by atoms with E-state index in [2.05, 4.69) is 15.6 Å². The number of benzene rings is 2. The molecule has 0 unspecified atom stereocenters. The highest BCUT2D eigenvalue weighted by Crippen LogP contribution is 2.29. The van der Waals surface area contributed by atoms with Crippen LogP contribution in [0.5, 0.6) is 11.5 Å². The van der Waals surface area contributed by atoms with Gasteiger partial charge in [0.15, 0.2) is 11.5 Å². The van der Waals surface area contributed by atoms with Crippen LogP contribution in [0.15, 0.2) is 47.6 Å². The first kappa shape index (κ1) is 25.1. The topological polar surface area (TPSA) is 138 Å². The molecule has 3 rings (SSSR count). The van der Waals surface area contributed by atoms with Gasteiger partial charge in [-0.15, -0.1) is 0 Å². The average molecular weight is 479 g/mol. The Morgan fingerprint density at radius 3 is 2.34 bits per heavy atom. The fourth-order valence-corrected chi connectivity index (χ4v) is 3.31. The van der Waals surface area contributed by atoms with E-state index in [1.165, 1.54) is 25.6 Å². The van der Waals surface area contributed by atoms with Crippen molar-refractivity contribution in [3.05, 3.63) is 80.7 Å². The van der Waals surface area contributed by atoms with Gasteiger partial charge in [0.25, 0.3) is 5.91 Å². The fourth-order valence-electron chi connectivity index (χ4n) is 3.31. The van der Waals surface area contributed by atoms with Gasteiger partial charge in [-0.25, -0.2) is 10.2 Å². The SMILES string of the molecule is COc1cc(C(C)=NNC(=O)Cn2nc(C)c([N+](=O)[O-])c2C)ccc1OC(=O)c1ccc(C)cc1. The lowest BCUT2D eigenvalue weighted by atomic mass is 10.1. The van der Waals surface area contributed by atoms with Crippen LogP contribution in [-0.2, 0) is 11.3 Å². The molecule has 0 saturated carbocycles. The molecule has 0 saturated heterocycles. The van der Waals surface area contributed by atoms with Gasteiger partial charge in [-0.05, 0) is 58.0 Å². The Balaban J connectivity index is 1.69. The van der Waals surface area contributed by atoms with E-state index in [9.17, 15) is 19.7 Å². The second-order valence-electron chi connectivity index (χ2n) is 7.79. The van der Waals surface area contributed by atoms with Crippen molar-refractivity contribution in [3.8, 4) is 11.5 Å². The number of hydrogen-bond donors (Lipinski definition) is 1. The number of carbonyl (C=O) groups excluding carboxylic acids is 2. The number of rotatable bonds is 8. The summed E-state index contributed by atoms with van der Waals surface area (Å²) in [7, 11) is 1.45. The van der Waals surface area contributed by atoms with Crippen LogP contribution in [0.2, 0.25) is 0 Å². The standard InChI is InChI=1S/C24H25N5O6/c1-14-6-8-18(9-7-14)24(31)35-20-11-10-19(12-21(20)34-5)15(2)25-26-22(30)13-28-17(4)23(29(32)33)16(3)27-28/h6-12H,13H2,1-5H3,(H,26,30). The van der Waals surface area contributed by atoms with Crippen LogP contribution in [-0.4, -0.2) is 39.4 Å². The summed E-state index contributed by atoms with van der Waals surface area (Å²) in [5.74, 6) is -0.456. The molecule has 0 bridgehead atoms. The highest BCUT2D eigenvalue weighted by molar-refractivity contribution is 6.00. The number of aromatic nitrogens is 2. The third-order valence-corrected chi connectivity index (χ3v) is 5.24. The van der Waals surface area contributed by atoms with Crippen molar-refractivity contribution in [3.63, 3.8) is 0 Å². The number of aryl methyl sites for hydroxylation is 2. The van der Waals surface area contributed by atoms with Crippen LogP contribution in [0, 0.1) is 30.9 Å². The summed E-state index contributed by atoms with van der Waals surface area (Å²) in [5.41, 5.74) is 5.34. The van der Waals surface area contributed by atoms with Crippen LogP contribution in [0.4, 0.5) is 5.69 Å². The summed E-state index contributed by atoms with van der Waals surface area (Å²) in [6.07, 6.45) is 0. The number of esters is 1. The van der Waals surface area contributed by atoms with Gasteiger partial charge in [0.05, 0.1) is 23.3 Å². The smallest absolute Gasteiger partial charge is 0.343 e. The first-order valence-corrected chi connectivity index (χ1v) is 10.6. The van der Waals surface area contributed by atoms with Crippen LogP contribution in [0.25, 0.3) is 0 Å². The molecule has 11 heteroatoms. The highest BCUT2D eigenvalue weighted by Gasteiger charge is 2.22. The first-order valence-electron chi connectivity index (χ1n) is 10.6. The third kappa shape index (κ3) is 5.88. The Morgan fingerprint density at radius 2 is 1.74 bits per heavy atom. The number of nitro groups is 1. The molecule has 0 fully saturated rings. The number of carbonyl (C=O) groups is 2. The maximum Gasteiger partial charge on any atom is 0.343 e.